The Morgan fingerprint density at radius 2 is 2.36 bits per heavy atom. The Labute approximate surface area is 84.2 Å². The first kappa shape index (κ1) is 9.74. The molecule has 1 aliphatic rings. The first-order valence-corrected chi connectivity index (χ1v) is 5.11. The van der Waals surface area contributed by atoms with E-state index in [1.54, 1.807) is 6.26 Å². The Kier molecular flexibility index (Phi) is 2.61. The van der Waals surface area contributed by atoms with Crippen molar-refractivity contribution >= 4 is 0 Å². The summed E-state index contributed by atoms with van der Waals surface area (Å²) in [5, 5.41) is 0. The fourth-order valence-corrected chi connectivity index (χ4v) is 2.08. The largest absolute Gasteiger partial charge is 0.469 e. The molecule has 1 fully saturated rings. The zero-order valence-corrected chi connectivity index (χ0v) is 8.53. The lowest BCUT2D eigenvalue weighted by Gasteiger charge is -2.44. The zero-order valence-electron chi connectivity index (χ0n) is 8.53. The second-order valence-corrected chi connectivity index (χ2v) is 4.10. The molecule has 2 heterocycles. The van der Waals surface area contributed by atoms with E-state index in [1.807, 2.05) is 12.1 Å². The maximum Gasteiger partial charge on any atom is 0.114 e. The van der Waals surface area contributed by atoms with Gasteiger partial charge in [0.15, 0.2) is 0 Å². The lowest BCUT2D eigenvalue weighted by atomic mass is 9.71. The summed E-state index contributed by atoms with van der Waals surface area (Å²) in [6.45, 7) is 4.48. The van der Waals surface area contributed by atoms with E-state index in [2.05, 4.69) is 6.92 Å². The van der Waals surface area contributed by atoms with Gasteiger partial charge < -0.3 is 14.9 Å². The van der Waals surface area contributed by atoms with Crippen LogP contribution in [-0.2, 0) is 10.2 Å². The van der Waals surface area contributed by atoms with Gasteiger partial charge in [-0.3, -0.25) is 0 Å². The van der Waals surface area contributed by atoms with Crippen LogP contribution < -0.4 is 5.73 Å². The minimum absolute atomic E-state index is 0.0862. The van der Waals surface area contributed by atoms with E-state index >= 15 is 0 Å². The molecule has 0 radical (unpaired) electrons. The molecule has 1 aromatic heterocycles. The van der Waals surface area contributed by atoms with Crippen LogP contribution in [0.5, 0.6) is 0 Å². The summed E-state index contributed by atoms with van der Waals surface area (Å²) in [4.78, 5) is 0. The van der Waals surface area contributed by atoms with Gasteiger partial charge in [0.25, 0.3) is 0 Å². The minimum atomic E-state index is 0.0862. The van der Waals surface area contributed by atoms with Gasteiger partial charge in [0.2, 0.25) is 0 Å². The molecule has 1 atom stereocenters. The summed E-state index contributed by atoms with van der Waals surface area (Å²) in [7, 11) is 0. The highest BCUT2D eigenvalue weighted by Gasteiger charge is 2.46. The molecule has 0 aromatic carbocycles. The molecule has 2 N–H and O–H groups in total. The van der Waals surface area contributed by atoms with Crippen molar-refractivity contribution in [1.82, 2.24) is 0 Å². The van der Waals surface area contributed by atoms with Crippen LogP contribution in [0, 0.1) is 5.92 Å². The van der Waals surface area contributed by atoms with Crippen LogP contribution in [0.15, 0.2) is 22.8 Å². The van der Waals surface area contributed by atoms with E-state index in [9.17, 15) is 0 Å². The highest BCUT2D eigenvalue weighted by Crippen LogP contribution is 2.40. The lowest BCUT2D eigenvalue weighted by molar-refractivity contribution is -0.0981. The lowest BCUT2D eigenvalue weighted by Crippen LogP contribution is -2.51. The molecule has 0 saturated carbocycles. The molecule has 1 aromatic rings. The average Bonchev–Trinajstić information content (AvgIpc) is 2.56. The topological polar surface area (TPSA) is 48.4 Å². The molecule has 0 spiro atoms. The van der Waals surface area contributed by atoms with Crippen LogP contribution in [0.4, 0.5) is 0 Å². The van der Waals surface area contributed by atoms with Crippen molar-refractivity contribution in [2.24, 2.45) is 11.7 Å². The van der Waals surface area contributed by atoms with Crippen molar-refractivity contribution < 1.29 is 9.15 Å². The third kappa shape index (κ3) is 1.37. The average molecular weight is 195 g/mol. The number of hydrogen-bond acceptors (Lipinski definition) is 3. The molecule has 78 valence electrons. The Hall–Kier alpha value is -0.800. The SMILES string of the molecule is CC(CCN)C1(c2ccco2)COC1. The number of furan rings is 1. The molecule has 0 bridgehead atoms. The fraction of sp³-hybridized carbons (Fsp3) is 0.636. The second kappa shape index (κ2) is 3.75. The van der Waals surface area contributed by atoms with Crippen LogP contribution in [-0.4, -0.2) is 19.8 Å². The second-order valence-electron chi connectivity index (χ2n) is 4.10. The molecular formula is C11H17NO2. The first-order valence-electron chi connectivity index (χ1n) is 5.11. The molecule has 2 rings (SSSR count). The molecule has 1 unspecified atom stereocenters. The fourth-order valence-electron chi connectivity index (χ4n) is 2.08. The summed E-state index contributed by atoms with van der Waals surface area (Å²) < 4.78 is 10.8. The van der Waals surface area contributed by atoms with Gasteiger partial charge >= 0.3 is 0 Å². The van der Waals surface area contributed by atoms with Crippen LogP contribution in [0.2, 0.25) is 0 Å². The van der Waals surface area contributed by atoms with Crippen molar-refractivity contribution in [2.75, 3.05) is 19.8 Å². The van der Waals surface area contributed by atoms with Gasteiger partial charge in [0, 0.05) is 0 Å². The standard InChI is InChI=1S/C11H17NO2/c1-9(4-5-12)11(7-13-8-11)10-3-2-6-14-10/h2-3,6,9H,4-5,7-8,12H2,1H3. The van der Waals surface area contributed by atoms with Crippen molar-refractivity contribution in [3.63, 3.8) is 0 Å². The molecule has 0 amide bonds. The van der Waals surface area contributed by atoms with Gasteiger partial charge in [-0.05, 0) is 31.0 Å². The maximum absolute atomic E-state index is 5.59. The number of ether oxygens (including phenoxy) is 1. The van der Waals surface area contributed by atoms with Gasteiger partial charge in [-0.25, -0.2) is 0 Å². The predicted octanol–water partition coefficient (Wildman–Crippen LogP) is 1.53. The number of rotatable bonds is 4. The smallest absolute Gasteiger partial charge is 0.114 e. The predicted molar refractivity (Wildman–Crippen MR) is 54.0 cm³/mol. The Bertz CT molecular complexity index is 277. The van der Waals surface area contributed by atoms with E-state index in [0.717, 1.165) is 31.9 Å². The maximum atomic E-state index is 5.59. The Morgan fingerprint density at radius 3 is 2.79 bits per heavy atom. The molecule has 3 nitrogen and oxygen atoms in total. The molecule has 14 heavy (non-hydrogen) atoms. The van der Waals surface area contributed by atoms with Crippen molar-refractivity contribution in [3.05, 3.63) is 24.2 Å². The summed E-state index contributed by atoms with van der Waals surface area (Å²) in [5.41, 5.74) is 5.67. The van der Waals surface area contributed by atoms with E-state index in [0.29, 0.717) is 5.92 Å². The normalized spacial score (nSPS) is 21.6. The quantitative estimate of drug-likeness (QED) is 0.792. The van der Waals surface area contributed by atoms with Crippen LogP contribution in [0.1, 0.15) is 19.1 Å². The van der Waals surface area contributed by atoms with E-state index < -0.39 is 0 Å². The van der Waals surface area contributed by atoms with Gasteiger partial charge in [0.05, 0.1) is 24.9 Å². The number of nitrogens with two attached hydrogens (primary N) is 1. The Morgan fingerprint density at radius 1 is 1.57 bits per heavy atom. The molecule has 0 aliphatic carbocycles. The Balaban J connectivity index is 2.17. The molecular weight excluding hydrogens is 178 g/mol. The van der Waals surface area contributed by atoms with E-state index in [-0.39, 0.29) is 5.41 Å². The van der Waals surface area contributed by atoms with E-state index in [1.165, 1.54) is 0 Å². The number of hydrogen-bond donors (Lipinski definition) is 1. The minimum Gasteiger partial charge on any atom is -0.469 e. The zero-order chi connectivity index (χ0) is 10.0. The molecule has 1 saturated heterocycles. The van der Waals surface area contributed by atoms with Crippen LogP contribution >= 0.6 is 0 Å². The van der Waals surface area contributed by atoms with Gasteiger partial charge in [-0.1, -0.05) is 6.92 Å². The first-order chi connectivity index (χ1) is 6.79. The highest BCUT2D eigenvalue weighted by atomic mass is 16.5. The van der Waals surface area contributed by atoms with Crippen molar-refractivity contribution in [1.29, 1.82) is 0 Å². The molecule has 1 aliphatic heterocycles. The monoisotopic (exact) mass is 195 g/mol. The van der Waals surface area contributed by atoms with Crippen molar-refractivity contribution in [2.45, 2.75) is 18.8 Å². The van der Waals surface area contributed by atoms with Crippen LogP contribution in [0.25, 0.3) is 0 Å². The van der Waals surface area contributed by atoms with Crippen LogP contribution in [0.3, 0.4) is 0 Å². The summed E-state index contributed by atoms with van der Waals surface area (Å²) in [6.07, 6.45) is 2.74. The van der Waals surface area contributed by atoms with Gasteiger partial charge in [-0.2, -0.15) is 0 Å². The summed E-state index contributed by atoms with van der Waals surface area (Å²) in [6, 6.07) is 3.97. The van der Waals surface area contributed by atoms with Crippen molar-refractivity contribution in [3.8, 4) is 0 Å². The third-order valence-corrected chi connectivity index (χ3v) is 3.27. The third-order valence-electron chi connectivity index (χ3n) is 3.27. The van der Waals surface area contributed by atoms with Gasteiger partial charge in [0.1, 0.15) is 5.76 Å². The molecule has 3 heteroatoms. The summed E-state index contributed by atoms with van der Waals surface area (Å²) >= 11 is 0. The van der Waals surface area contributed by atoms with Gasteiger partial charge in [-0.15, -0.1) is 0 Å². The highest BCUT2D eigenvalue weighted by molar-refractivity contribution is 5.19. The summed E-state index contributed by atoms with van der Waals surface area (Å²) in [5.74, 6) is 1.57. The van der Waals surface area contributed by atoms with E-state index in [4.69, 9.17) is 14.9 Å².